The molecule has 0 saturated carbocycles. The van der Waals surface area contributed by atoms with Gasteiger partial charge >= 0.3 is 0 Å². The van der Waals surface area contributed by atoms with E-state index in [0.717, 1.165) is 10.9 Å². The number of aromatic amines is 1. The summed E-state index contributed by atoms with van der Waals surface area (Å²) in [5.41, 5.74) is 5.50. The van der Waals surface area contributed by atoms with E-state index in [9.17, 15) is 0 Å². The molecule has 3 aromatic rings. The Morgan fingerprint density at radius 1 is 1.05 bits per heavy atom. The monoisotopic (exact) mass is 260 g/mol. The first-order valence-corrected chi connectivity index (χ1v) is 6.81. The van der Waals surface area contributed by atoms with E-state index in [1.54, 1.807) is 0 Å². The summed E-state index contributed by atoms with van der Waals surface area (Å²) in [7, 11) is 0. The van der Waals surface area contributed by atoms with Crippen molar-refractivity contribution in [2.24, 2.45) is 0 Å². The van der Waals surface area contributed by atoms with Gasteiger partial charge in [-0.2, -0.15) is 5.26 Å². The Hall–Kier alpha value is -2.53. The molecular formula is C18H16N2. The number of rotatable bonds is 2. The molecule has 1 N–H and O–H groups in total. The van der Waals surface area contributed by atoms with E-state index in [4.69, 9.17) is 5.26 Å². The second-order valence-corrected chi connectivity index (χ2v) is 5.32. The molecule has 0 unspecified atom stereocenters. The lowest BCUT2D eigenvalue weighted by Crippen LogP contribution is -1.91. The third-order valence-electron chi connectivity index (χ3n) is 3.68. The highest BCUT2D eigenvalue weighted by atomic mass is 14.7. The van der Waals surface area contributed by atoms with Crippen LogP contribution in [0.3, 0.4) is 0 Å². The topological polar surface area (TPSA) is 39.6 Å². The number of nitriles is 1. The fourth-order valence-corrected chi connectivity index (χ4v) is 2.66. The van der Waals surface area contributed by atoms with E-state index in [1.165, 1.54) is 16.7 Å². The van der Waals surface area contributed by atoms with Crippen molar-refractivity contribution >= 4 is 10.9 Å². The van der Waals surface area contributed by atoms with Gasteiger partial charge in [-0.3, -0.25) is 0 Å². The van der Waals surface area contributed by atoms with Crippen LogP contribution in [0.1, 0.15) is 30.9 Å². The molecular weight excluding hydrogens is 244 g/mol. The first-order chi connectivity index (χ1) is 9.70. The minimum absolute atomic E-state index is 0.468. The molecule has 0 spiro atoms. The Kier molecular flexibility index (Phi) is 3.04. The van der Waals surface area contributed by atoms with Crippen molar-refractivity contribution in [3.05, 3.63) is 59.8 Å². The number of H-pyrrole nitrogens is 1. The molecule has 2 heteroatoms. The molecule has 0 bridgehead atoms. The smallest absolute Gasteiger partial charge is 0.0991 e. The lowest BCUT2D eigenvalue weighted by molar-refractivity contribution is 0.869. The van der Waals surface area contributed by atoms with Crippen LogP contribution in [0.25, 0.3) is 22.0 Å². The van der Waals surface area contributed by atoms with Crippen LogP contribution in [0.2, 0.25) is 0 Å². The molecule has 0 saturated heterocycles. The molecule has 0 aliphatic heterocycles. The quantitative estimate of drug-likeness (QED) is 0.704. The molecule has 2 nitrogen and oxygen atoms in total. The predicted octanol–water partition coefficient (Wildman–Crippen LogP) is 4.83. The number of hydrogen-bond donors (Lipinski definition) is 1. The van der Waals surface area contributed by atoms with Gasteiger partial charge in [0, 0.05) is 22.7 Å². The van der Waals surface area contributed by atoms with Crippen molar-refractivity contribution in [3.63, 3.8) is 0 Å². The molecule has 1 heterocycles. The van der Waals surface area contributed by atoms with E-state index in [1.807, 2.05) is 24.4 Å². The zero-order valence-electron chi connectivity index (χ0n) is 11.6. The molecule has 3 rings (SSSR count). The van der Waals surface area contributed by atoms with E-state index >= 15 is 0 Å². The van der Waals surface area contributed by atoms with Crippen molar-refractivity contribution in [2.75, 3.05) is 0 Å². The predicted molar refractivity (Wildman–Crippen MR) is 82.5 cm³/mol. The van der Waals surface area contributed by atoms with Gasteiger partial charge < -0.3 is 4.98 Å². The van der Waals surface area contributed by atoms with Crippen molar-refractivity contribution in [3.8, 4) is 17.2 Å². The van der Waals surface area contributed by atoms with E-state index in [2.05, 4.69) is 49.2 Å². The maximum atomic E-state index is 9.08. The maximum Gasteiger partial charge on any atom is 0.0991 e. The first kappa shape index (κ1) is 12.5. The summed E-state index contributed by atoms with van der Waals surface area (Å²) in [5, 5.41) is 10.2. The summed E-state index contributed by atoms with van der Waals surface area (Å²) in [6.45, 7) is 4.41. The van der Waals surface area contributed by atoms with Crippen LogP contribution in [0.4, 0.5) is 0 Å². The lowest BCUT2D eigenvalue weighted by Gasteiger charge is -2.12. The summed E-state index contributed by atoms with van der Waals surface area (Å²) >= 11 is 0. The minimum atomic E-state index is 0.468. The Labute approximate surface area is 118 Å². The molecule has 2 aromatic carbocycles. The largest absolute Gasteiger partial charge is 0.361 e. The lowest BCUT2D eigenvalue weighted by atomic mass is 9.92. The Balaban J connectivity index is 2.28. The van der Waals surface area contributed by atoms with E-state index in [0.29, 0.717) is 11.5 Å². The van der Waals surface area contributed by atoms with Gasteiger partial charge in [-0.25, -0.2) is 0 Å². The Morgan fingerprint density at radius 3 is 2.60 bits per heavy atom. The van der Waals surface area contributed by atoms with Crippen LogP contribution in [-0.2, 0) is 0 Å². The fraction of sp³-hybridized carbons (Fsp3) is 0.167. The zero-order valence-corrected chi connectivity index (χ0v) is 11.6. The van der Waals surface area contributed by atoms with Crippen LogP contribution in [0.5, 0.6) is 0 Å². The molecule has 98 valence electrons. The molecule has 0 aliphatic rings. The van der Waals surface area contributed by atoms with Gasteiger partial charge in [0.15, 0.2) is 0 Å². The second-order valence-electron chi connectivity index (χ2n) is 5.32. The second kappa shape index (κ2) is 4.86. The minimum Gasteiger partial charge on any atom is -0.361 e. The summed E-state index contributed by atoms with van der Waals surface area (Å²) < 4.78 is 0. The number of nitrogens with one attached hydrogen (secondary N) is 1. The third kappa shape index (κ3) is 1.98. The van der Waals surface area contributed by atoms with Gasteiger partial charge in [0.1, 0.15) is 0 Å². The zero-order chi connectivity index (χ0) is 14.1. The van der Waals surface area contributed by atoms with Crippen LogP contribution in [0.15, 0.2) is 48.7 Å². The number of fused-ring (bicyclic) bond motifs is 1. The van der Waals surface area contributed by atoms with E-state index in [-0.39, 0.29) is 0 Å². The van der Waals surface area contributed by atoms with Crippen LogP contribution >= 0.6 is 0 Å². The highest BCUT2D eigenvalue weighted by Gasteiger charge is 2.12. The van der Waals surface area contributed by atoms with Crippen LogP contribution in [-0.4, -0.2) is 4.98 Å². The van der Waals surface area contributed by atoms with Crippen molar-refractivity contribution in [1.29, 1.82) is 5.26 Å². The summed E-state index contributed by atoms with van der Waals surface area (Å²) in [5.74, 6) is 0.468. The van der Waals surface area contributed by atoms with Crippen molar-refractivity contribution in [1.82, 2.24) is 4.98 Å². The van der Waals surface area contributed by atoms with Gasteiger partial charge in [0.25, 0.3) is 0 Å². The van der Waals surface area contributed by atoms with Gasteiger partial charge in [-0.1, -0.05) is 38.1 Å². The van der Waals surface area contributed by atoms with Crippen molar-refractivity contribution < 1.29 is 0 Å². The average Bonchev–Trinajstić information content (AvgIpc) is 2.89. The van der Waals surface area contributed by atoms with Gasteiger partial charge in [0.05, 0.1) is 11.6 Å². The maximum absolute atomic E-state index is 9.08. The Bertz CT molecular complexity index is 804. The highest BCUT2D eigenvalue weighted by Crippen LogP contribution is 2.34. The van der Waals surface area contributed by atoms with Gasteiger partial charge in [-0.05, 0) is 35.2 Å². The molecule has 0 atom stereocenters. The average molecular weight is 260 g/mol. The fourth-order valence-electron chi connectivity index (χ4n) is 2.66. The molecule has 0 radical (unpaired) electrons. The normalized spacial score (nSPS) is 10.9. The van der Waals surface area contributed by atoms with Gasteiger partial charge in [-0.15, -0.1) is 0 Å². The number of benzene rings is 2. The number of aromatic nitrogens is 1. The van der Waals surface area contributed by atoms with Crippen molar-refractivity contribution in [2.45, 2.75) is 19.8 Å². The molecule has 0 amide bonds. The van der Waals surface area contributed by atoms with E-state index < -0.39 is 0 Å². The summed E-state index contributed by atoms with van der Waals surface area (Å²) in [6.07, 6.45) is 2.03. The number of hydrogen-bond acceptors (Lipinski definition) is 1. The highest BCUT2D eigenvalue weighted by molar-refractivity contribution is 5.97. The first-order valence-electron chi connectivity index (χ1n) is 6.81. The van der Waals surface area contributed by atoms with Crippen LogP contribution in [0, 0.1) is 11.3 Å². The number of nitrogens with zero attached hydrogens (tertiary/aromatic N) is 1. The molecule has 0 fully saturated rings. The third-order valence-corrected chi connectivity index (χ3v) is 3.68. The standard InChI is InChI=1S/C18H16N2/c1-12(2)14-5-3-4-6-15(14)17-11-20-18-8-7-13(10-19)9-16(17)18/h3-9,11-12,20H,1-2H3. The van der Waals surface area contributed by atoms with Crippen LogP contribution < -0.4 is 0 Å². The molecule has 0 aliphatic carbocycles. The molecule has 1 aromatic heterocycles. The molecule has 20 heavy (non-hydrogen) atoms. The SMILES string of the molecule is CC(C)c1ccccc1-c1c[nH]c2ccc(C#N)cc12. The summed E-state index contributed by atoms with van der Waals surface area (Å²) in [6, 6.07) is 16.4. The summed E-state index contributed by atoms with van der Waals surface area (Å²) in [4.78, 5) is 3.29. The Morgan fingerprint density at radius 2 is 1.85 bits per heavy atom. The van der Waals surface area contributed by atoms with Gasteiger partial charge in [0.2, 0.25) is 0 Å².